The summed E-state index contributed by atoms with van der Waals surface area (Å²) in [6.45, 7) is 1.95. The molecule has 0 amide bonds. The van der Waals surface area contributed by atoms with E-state index in [4.69, 9.17) is 10.5 Å². The molecular formula is C32H32N2O4. The number of aryl methyl sites for hydroxylation is 1. The second kappa shape index (κ2) is 9.75. The molecule has 0 spiro atoms. The van der Waals surface area contributed by atoms with Crippen LogP contribution in [0.5, 0.6) is 5.75 Å². The number of carbonyl (C=O) groups is 3. The van der Waals surface area contributed by atoms with Gasteiger partial charge in [0.2, 0.25) is 0 Å². The molecule has 3 atom stereocenters. The van der Waals surface area contributed by atoms with Crippen LogP contribution >= 0.6 is 0 Å². The second-order valence-electron chi connectivity index (χ2n) is 11.0. The highest BCUT2D eigenvalue weighted by molar-refractivity contribution is 6.32. The van der Waals surface area contributed by atoms with Crippen molar-refractivity contribution >= 4 is 28.9 Å². The molecule has 0 heterocycles. The average molecular weight is 509 g/mol. The van der Waals surface area contributed by atoms with Crippen LogP contribution in [-0.2, 0) is 0 Å². The summed E-state index contributed by atoms with van der Waals surface area (Å²) in [6.07, 6.45) is 8.28. The Kier molecular flexibility index (Phi) is 6.26. The molecule has 194 valence electrons. The third kappa shape index (κ3) is 4.28. The Morgan fingerprint density at radius 2 is 1.53 bits per heavy atom. The summed E-state index contributed by atoms with van der Waals surface area (Å²) in [6, 6.07) is 15.7. The van der Waals surface area contributed by atoms with Gasteiger partial charge in [-0.15, -0.1) is 0 Å². The molecule has 0 aliphatic heterocycles. The highest BCUT2D eigenvalue weighted by atomic mass is 16.5. The lowest BCUT2D eigenvalue weighted by Crippen LogP contribution is -2.35. The number of benzene rings is 3. The first-order valence-corrected chi connectivity index (χ1v) is 13.6. The summed E-state index contributed by atoms with van der Waals surface area (Å²) >= 11 is 0. The predicted molar refractivity (Wildman–Crippen MR) is 147 cm³/mol. The van der Waals surface area contributed by atoms with E-state index in [0.717, 1.165) is 30.7 Å². The van der Waals surface area contributed by atoms with Crippen LogP contribution in [0.15, 0.2) is 54.6 Å². The van der Waals surface area contributed by atoms with Crippen LogP contribution in [0.1, 0.15) is 92.7 Å². The SMILES string of the molecule is Cc1ccc(OC(=O)c2cc(NC3CCC4CCCCC4C3)c3c(c2N)C(=O)c2ccccc2C3=O)cc1. The molecule has 3 aliphatic carbocycles. The van der Waals surface area contributed by atoms with Crippen LogP contribution in [-0.4, -0.2) is 23.6 Å². The summed E-state index contributed by atoms with van der Waals surface area (Å²) in [5.41, 5.74) is 9.06. The normalized spacial score (nSPS) is 22.2. The van der Waals surface area contributed by atoms with Crippen LogP contribution in [0.25, 0.3) is 0 Å². The average Bonchev–Trinajstić information content (AvgIpc) is 2.93. The van der Waals surface area contributed by atoms with Gasteiger partial charge < -0.3 is 15.8 Å². The van der Waals surface area contributed by atoms with Crippen molar-refractivity contribution in [3.8, 4) is 5.75 Å². The fourth-order valence-corrected chi connectivity index (χ4v) is 6.59. The quantitative estimate of drug-likeness (QED) is 0.190. The number of rotatable bonds is 4. The smallest absolute Gasteiger partial charge is 0.345 e. The predicted octanol–water partition coefficient (Wildman–Crippen LogP) is 6.34. The van der Waals surface area contributed by atoms with E-state index in [1.165, 1.54) is 25.7 Å². The second-order valence-corrected chi connectivity index (χ2v) is 11.0. The Labute approximate surface area is 222 Å². The fourth-order valence-electron chi connectivity index (χ4n) is 6.59. The van der Waals surface area contributed by atoms with Crippen molar-refractivity contribution in [1.82, 2.24) is 0 Å². The first-order chi connectivity index (χ1) is 18.4. The lowest BCUT2D eigenvalue weighted by molar-refractivity contribution is 0.0735. The van der Waals surface area contributed by atoms with Gasteiger partial charge in [0.05, 0.1) is 22.4 Å². The van der Waals surface area contributed by atoms with E-state index in [1.807, 2.05) is 19.1 Å². The summed E-state index contributed by atoms with van der Waals surface area (Å²) in [5.74, 6) is 0.565. The van der Waals surface area contributed by atoms with Crippen LogP contribution in [0.4, 0.5) is 11.4 Å². The van der Waals surface area contributed by atoms with E-state index in [9.17, 15) is 14.4 Å². The van der Waals surface area contributed by atoms with Crippen molar-refractivity contribution in [1.29, 1.82) is 0 Å². The van der Waals surface area contributed by atoms with Crippen molar-refractivity contribution in [2.75, 3.05) is 11.1 Å². The van der Waals surface area contributed by atoms with E-state index < -0.39 is 5.97 Å². The molecule has 6 nitrogen and oxygen atoms in total. The summed E-state index contributed by atoms with van der Waals surface area (Å²) in [4.78, 5) is 40.7. The van der Waals surface area contributed by atoms with E-state index in [1.54, 1.807) is 42.5 Å². The standard InChI is InChI=1S/C32H32N2O4/c1-18-10-14-22(15-11-18)38-32(37)25-17-26(34-21-13-12-19-6-2-3-7-20(19)16-21)27-28(29(25)33)31(36)24-9-5-4-8-23(24)30(27)35/h4-5,8-11,14-15,17,19-21,34H,2-3,6-7,12-13,16,33H2,1H3. The molecule has 3 aromatic carbocycles. The van der Waals surface area contributed by atoms with Crippen molar-refractivity contribution in [2.45, 2.75) is 57.9 Å². The van der Waals surface area contributed by atoms with E-state index in [2.05, 4.69) is 5.32 Å². The van der Waals surface area contributed by atoms with Gasteiger partial charge in [-0.1, -0.05) is 67.6 Å². The molecule has 0 saturated heterocycles. The Balaban J connectivity index is 1.41. The number of esters is 1. The molecule has 2 fully saturated rings. The maximum atomic E-state index is 13.7. The zero-order valence-electron chi connectivity index (χ0n) is 21.6. The van der Waals surface area contributed by atoms with Gasteiger partial charge in [-0.25, -0.2) is 4.79 Å². The van der Waals surface area contributed by atoms with Crippen LogP contribution in [0, 0.1) is 18.8 Å². The van der Waals surface area contributed by atoms with Gasteiger partial charge >= 0.3 is 5.97 Å². The first-order valence-electron chi connectivity index (χ1n) is 13.6. The van der Waals surface area contributed by atoms with Crippen LogP contribution in [0.3, 0.4) is 0 Å². The largest absolute Gasteiger partial charge is 0.423 e. The van der Waals surface area contributed by atoms with Gasteiger partial charge in [0, 0.05) is 22.9 Å². The molecule has 3 N–H and O–H groups in total. The van der Waals surface area contributed by atoms with Gasteiger partial charge in [-0.2, -0.15) is 0 Å². The van der Waals surface area contributed by atoms with Crippen molar-refractivity contribution < 1.29 is 19.1 Å². The summed E-state index contributed by atoms with van der Waals surface area (Å²) in [7, 11) is 0. The highest BCUT2D eigenvalue weighted by Crippen LogP contribution is 2.43. The summed E-state index contributed by atoms with van der Waals surface area (Å²) < 4.78 is 5.63. The van der Waals surface area contributed by atoms with Crippen molar-refractivity contribution in [2.24, 2.45) is 11.8 Å². The minimum absolute atomic E-state index is 0.0218. The van der Waals surface area contributed by atoms with Gasteiger partial charge in [0.15, 0.2) is 11.6 Å². The van der Waals surface area contributed by atoms with Crippen molar-refractivity contribution in [3.05, 3.63) is 88.0 Å². The number of nitrogens with two attached hydrogens (primary N) is 1. The molecule has 3 unspecified atom stereocenters. The molecule has 3 aromatic rings. The van der Waals surface area contributed by atoms with Gasteiger partial charge in [0.1, 0.15) is 5.75 Å². The van der Waals surface area contributed by atoms with Gasteiger partial charge in [-0.3, -0.25) is 9.59 Å². The lowest BCUT2D eigenvalue weighted by atomic mass is 9.69. The Morgan fingerprint density at radius 3 is 2.24 bits per heavy atom. The highest BCUT2D eigenvalue weighted by Gasteiger charge is 2.38. The minimum Gasteiger partial charge on any atom is -0.423 e. The summed E-state index contributed by atoms with van der Waals surface area (Å²) in [5, 5.41) is 3.58. The molecule has 3 aliphatic rings. The van der Waals surface area contributed by atoms with Crippen LogP contribution in [0.2, 0.25) is 0 Å². The zero-order chi connectivity index (χ0) is 26.4. The first kappa shape index (κ1) is 24.4. The topological polar surface area (TPSA) is 98.5 Å². The lowest BCUT2D eigenvalue weighted by Gasteiger charge is -2.40. The Bertz CT molecular complexity index is 1440. The van der Waals surface area contributed by atoms with Gasteiger partial charge in [0.25, 0.3) is 0 Å². The van der Waals surface area contributed by atoms with E-state index >= 15 is 0 Å². The monoisotopic (exact) mass is 508 g/mol. The Morgan fingerprint density at radius 1 is 0.868 bits per heavy atom. The number of fused-ring (bicyclic) bond motifs is 3. The fraction of sp³-hybridized carbons (Fsp3) is 0.344. The third-order valence-electron chi connectivity index (χ3n) is 8.59. The Hall–Kier alpha value is -3.93. The number of anilines is 2. The number of nitrogen functional groups attached to an aromatic ring is 1. The number of nitrogens with one attached hydrogen (secondary N) is 1. The molecule has 0 aromatic heterocycles. The van der Waals surface area contributed by atoms with E-state index in [0.29, 0.717) is 28.5 Å². The number of ether oxygens (including phenoxy) is 1. The molecule has 0 bridgehead atoms. The minimum atomic E-state index is -0.660. The van der Waals surface area contributed by atoms with E-state index in [-0.39, 0.29) is 40.0 Å². The number of hydrogen-bond acceptors (Lipinski definition) is 6. The molecule has 6 rings (SSSR count). The van der Waals surface area contributed by atoms with Gasteiger partial charge in [-0.05, 0) is 56.2 Å². The maximum absolute atomic E-state index is 13.7. The zero-order valence-corrected chi connectivity index (χ0v) is 21.6. The third-order valence-corrected chi connectivity index (χ3v) is 8.59. The molecule has 6 heteroatoms. The molecular weight excluding hydrogens is 476 g/mol. The number of carbonyl (C=O) groups excluding carboxylic acids is 3. The maximum Gasteiger partial charge on any atom is 0.345 e. The molecule has 2 saturated carbocycles. The number of ketones is 2. The number of hydrogen-bond donors (Lipinski definition) is 2. The van der Waals surface area contributed by atoms with Crippen LogP contribution < -0.4 is 15.8 Å². The molecule has 38 heavy (non-hydrogen) atoms. The molecule has 0 radical (unpaired) electrons. The van der Waals surface area contributed by atoms with Crippen molar-refractivity contribution in [3.63, 3.8) is 0 Å².